The molecule has 104 valence electrons. The molecule has 0 saturated heterocycles. The SMILES string of the molecule is CC(C)[C@@H](CO)NC(=O)c1cccc(Cl)c1[N+](=O)[O-]. The molecule has 2 N–H and O–H groups in total. The highest BCUT2D eigenvalue weighted by atomic mass is 35.5. The van der Waals surface area contributed by atoms with Gasteiger partial charge in [-0.1, -0.05) is 31.5 Å². The molecule has 0 aliphatic rings. The van der Waals surface area contributed by atoms with Crippen LogP contribution in [0.4, 0.5) is 5.69 Å². The Kier molecular flexibility index (Phi) is 5.26. The Labute approximate surface area is 115 Å². The fourth-order valence-electron chi connectivity index (χ4n) is 1.55. The predicted octanol–water partition coefficient (Wildman–Crippen LogP) is 1.99. The Hall–Kier alpha value is -1.66. The van der Waals surface area contributed by atoms with Crippen molar-refractivity contribution in [3.05, 3.63) is 38.9 Å². The molecule has 0 aromatic heterocycles. The number of aliphatic hydroxyl groups excluding tert-OH is 1. The molecule has 0 saturated carbocycles. The summed E-state index contributed by atoms with van der Waals surface area (Å²) < 4.78 is 0. The van der Waals surface area contributed by atoms with E-state index in [0.29, 0.717) is 0 Å². The third kappa shape index (κ3) is 3.65. The Morgan fingerprint density at radius 2 is 2.16 bits per heavy atom. The van der Waals surface area contributed by atoms with Crippen molar-refractivity contribution in [3.63, 3.8) is 0 Å². The van der Waals surface area contributed by atoms with Gasteiger partial charge in [0.05, 0.1) is 17.6 Å². The van der Waals surface area contributed by atoms with Crippen LogP contribution in [0.25, 0.3) is 0 Å². The van der Waals surface area contributed by atoms with Gasteiger partial charge in [0.2, 0.25) is 0 Å². The second kappa shape index (κ2) is 6.49. The fraction of sp³-hybridized carbons (Fsp3) is 0.417. The Bertz CT molecular complexity index is 491. The highest BCUT2D eigenvalue weighted by Gasteiger charge is 2.25. The van der Waals surface area contributed by atoms with E-state index in [1.54, 1.807) is 0 Å². The first-order valence-corrected chi connectivity index (χ1v) is 6.11. The number of amides is 1. The summed E-state index contributed by atoms with van der Waals surface area (Å²) >= 11 is 5.73. The van der Waals surface area contributed by atoms with E-state index in [1.165, 1.54) is 18.2 Å². The molecule has 0 heterocycles. The minimum atomic E-state index is -0.694. The number of nitrogens with one attached hydrogen (secondary N) is 1. The predicted molar refractivity (Wildman–Crippen MR) is 71.3 cm³/mol. The van der Waals surface area contributed by atoms with Crippen LogP contribution < -0.4 is 5.32 Å². The Morgan fingerprint density at radius 1 is 1.53 bits per heavy atom. The zero-order valence-corrected chi connectivity index (χ0v) is 11.3. The molecule has 0 bridgehead atoms. The molecule has 1 amide bonds. The van der Waals surface area contributed by atoms with E-state index in [-0.39, 0.29) is 23.1 Å². The van der Waals surface area contributed by atoms with E-state index < -0.39 is 22.6 Å². The lowest BCUT2D eigenvalue weighted by molar-refractivity contribution is -0.385. The van der Waals surface area contributed by atoms with Crippen molar-refractivity contribution in [1.82, 2.24) is 5.32 Å². The molecule has 0 aliphatic carbocycles. The van der Waals surface area contributed by atoms with Crippen molar-refractivity contribution in [2.75, 3.05) is 6.61 Å². The second-order valence-electron chi connectivity index (χ2n) is 4.40. The third-order valence-corrected chi connectivity index (χ3v) is 3.04. The van der Waals surface area contributed by atoms with Crippen molar-refractivity contribution < 1.29 is 14.8 Å². The van der Waals surface area contributed by atoms with Gasteiger partial charge in [-0.25, -0.2) is 0 Å². The van der Waals surface area contributed by atoms with Gasteiger partial charge in [0, 0.05) is 0 Å². The van der Waals surface area contributed by atoms with Crippen molar-refractivity contribution in [2.45, 2.75) is 19.9 Å². The normalized spacial score (nSPS) is 12.3. The third-order valence-electron chi connectivity index (χ3n) is 2.73. The lowest BCUT2D eigenvalue weighted by Crippen LogP contribution is -2.41. The minimum absolute atomic E-state index is 0.00666. The van der Waals surface area contributed by atoms with Gasteiger partial charge in [-0.2, -0.15) is 0 Å². The molecule has 0 aliphatic heterocycles. The fourth-order valence-corrected chi connectivity index (χ4v) is 1.80. The summed E-state index contributed by atoms with van der Waals surface area (Å²) in [6.07, 6.45) is 0. The van der Waals surface area contributed by atoms with Crippen LogP contribution in [0, 0.1) is 16.0 Å². The first kappa shape index (κ1) is 15.4. The largest absolute Gasteiger partial charge is 0.394 e. The number of nitro groups is 1. The average molecular weight is 287 g/mol. The van der Waals surface area contributed by atoms with E-state index >= 15 is 0 Å². The maximum atomic E-state index is 12.0. The molecule has 0 radical (unpaired) electrons. The first-order valence-electron chi connectivity index (χ1n) is 5.73. The summed E-state index contributed by atoms with van der Waals surface area (Å²) in [7, 11) is 0. The summed E-state index contributed by atoms with van der Waals surface area (Å²) in [6, 6.07) is 3.68. The van der Waals surface area contributed by atoms with E-state index in [1.807, 2.05) is 13.8 Å². The molecule has 1 aromatic carbocycles. The lowest BCUT2D eigenvalue weighted by atomic mass is 10.0. The number of hydrogen-bond donors (Lipinski definition) is 2. The van der Waals surface area contributed by atoms with Crippen molar-refractivity contribution in [2.24, 2.45) is 5.92 Å². The van der Waals surface area contributed by atoms with Gasteiger partial charge in [0.1, 0.15) is 10.6 Å². The molecule has 6 nitrogen and oxygen atoms in total. The maximum absolute atomic E-state index is 12.0. The minimum Gasteiger partial charge on any atom is -0.394 e. The maximum Gasteiger partial charge on any atom is 0.300 e. The highest BCUT2D eigenvalue weighted by molar-refractivity contribution is 6.33. The summed E-state index contributed by atoms with van der Waals surface area (Å²) in [5.41, 5.74) is -0.543. The second-order valence-corrected chi connectivity index (χ2v) is 4.81. The van der Waals surface area contributed by atoms with Crippen LogP contribution in [0.3, 0.4) is 0 Å². The summed E-state index contributed by atoms with van der Waals surface area (Å²) in [5.74, 6) is -0.617. The lowest BCUT2D eigenvalue weighted by Gasteiger charge is -2.19. The summed E-state index contributed by atoms with van der Waals surface area (Å²) in [4.78, 5) is 22.2. The molecule has 0 unspecified atom stereocenters. The number of halogens is 1. The van der Waals surface area contributed by atoms with Gasteiger partial charge in [-0.3, -0.25) is 14.9 Å². The van der Waals surface area contributed by atoms with Gasteiger partial charge in [0.15, 0.2) is 0 Å². The number of nitro benzene ring substituents is 1. The van der Waals surface area contributed by atoms with Crippen LogP contribution in [0.2, 0.25) is 5.02 Å². The number of benzene rings is 1. The van der Waals surface area contributed by atoms with Crippen LogP contribution in [-0.2, 0) is 0 Å². The molecule has 0 fully saturated rings. The molecular formula is C12H15ClN2O4. The van der Waals surface area contributed by atoms with Crippen molar-refractivity contribution in [1.29, 1.82) is 0 Å². The number of rotatable bonds is 5. The number of aliphatic hydroxyl groups is 1. The van der Waals surface area contributed by atoms with Gasteiger partial charge in [0.25, 0.3) is 5.91 Å². The number of carbonyl (C=O) groups excluding carboxylic acids is 1. The molecule has 1 atom stereocenters. The van der Waals surface area contributed by atoms with Gasteiger partial charge in [-0.05, 0) is 18.1 Å². The summed E-state index contributed by atoms with van der Waals surface area (Å²) in [6.45, 7) is 3.42. The zero-order valence-electron chi connectivity index (χ0n) is 10.6. The van der Waals surface area contributed by atoms with Crippen LogP contribution in [-0.4, -0.2) is 28.6 Å². The molecule has 1 aromatic rings. The van der Waals surface area contributed by atoms with E-state index in [2.05, 4.69) is 5.32 Å². The van der Waals surface area contributed by atoms with Gasteiger partial charge in [-0.15, -0.1) is 0 Å². The van der Waals surface area contributed by atoms with E-state index in [4.69, 9.17) is 16.7 Å². The average Bonchev–Trinajstić information content (AvgIpc) is 2.34. The van der Waals surface area contributed by atoms with E-state index in [9.17, 15) is 14.9 Å². The smallest absolute Gasteiger partial charge is 0.300 e. The van der Waals surface area contributed by atoms with Gasteiger partial charge >= 0.3 is 5.69 Å². The number of para-hydroxylation sites is 1. The quantitative estimate of drug-likeness (QED) is 0.639. The van der Waals surface area contributed by atoms with Gasteiger partial charge < -0.3 is 10.4 Å². The number of carbonyl (C=O) groups is 1. The standard InChI is InChI=1S/C12H15ClN2O4/c1-7(2)10(6-16)14-12(17)8-4-3-5-9(13)11(8)15(18)19/h3-5,7,10,16H,6H2,1-2H3,(H,14,17)/t10-/m1/s1. The van der Waals surface area contributed by atoms with Crippen LogP contribution in [0.1, 0.15) is 24.2 Å². The molecule has 19 heavy (non-hydrogen) atoms. The van der Waals surface area contributed by atoms with Crippen molar-refractivity contribution >= 4 is 23.2 Å². The molecular weight excluding hydrogens is 272 g/mol. The number of hydrogen-bond acceptors (Lipinski definition) is 4. The first-order chi connectivity index (χ1) is 8.88. The highest BCUT2D eigenvalue weighted by Crippen LogP contribution is 2.28. The monoisotopic (exact) mass is 286 g/mol. The molecule has 1 rings (SSSR count). The Balaban J connectivity index is 3.07. The number of nitrogens with zero attached hydrogens (tertiary/aromatic N) is 1. The van der Waals surface area contributed by atoms with Crippen LogP contribution >= 0.6 is 11.6 Å². The topological polar surface area (TPSA) is 92.5 Å². The van der Waals surface area contributed by atoms with E-state index in [0.717, 1.165) is 0 Å². The molecule has 7 heteroatoms. The summed E-state index contributed by atoms with van der Waals surface area (Å²) in [5, 5.41) is 22.5. The van der Waals surface area contributed by atoms with Crippen molar-refractivity contribution in [3.8, 4) is 0 Å². The Morgan fingerprint density at radius 3 is 2.63 bits per heavy atom. The molecule has 0 spiro atoms. The van der Waals surface area contributed by atoms with Crippen LogP contribution in [0.15, 0.2) is 18.2 Å². The van der Waals surface area contributed by atoms with Crippen LogP contribution in [0.5, 0.6) is 0 Å². The zero-order chi connectivity index (χ0) is 14.6.